The zero-order valence-electron chi connectivity index (χ0n) is 20.7. The van der Waals surface area contributed by atoms with Crippen molar-refractivity contribution in [2.75, 3.05) is 51.4 Å². The van der Waals surface area contributed by atoms with E-state index < -0.39 is 0 Å². The Hall–Kier alpha value is -2.97. The van der Waals surface area contributed by atoms with Crippen LogP contribution in [0.4, 0.5) is 5.82 Å². The standard InChI is InChI=1S/C27H35N5O3/c1-18(33)31-11-7-25(30-20-8-12-35-13-9-20)24(17-31)27(28)22-5-3-4-19-14-26(29-15-23(19)22)32-10-6-21(16-32)34-2/h3-5,14-15,20-21H,6-13,16-17,28H2,1-2H3/t21-/m1/s1. The highest BCUT2D eigenvalue weighted by molar-refractivity contribution is 6.10. The number of anilines is 1. The molecule has 0 spiro atoms. The average molecular weight is 478 g/mol. The van der Waals surface area contributed by atoms with Crippen LogP contribution in [0, 0.1) is 0 Å². The molecule has 8 nitrogen and oxygen atoms in total. The molecule has 8 heteroatoms. The number of ether oxygens (including phenoxy) is 2. The molecule has 0 saturated carbocycles. The Morgan fingerprint density at radius 3 is 2.80 bits per heavy atom. The molecule has 3 aliphatic heterocycles. The number of likely N-dealkylation sites (tertiary alicyclic amines) is 1. The molecule has 1 aromatic heterocycles. The van der Waals surface area contributed by atoms with Gasteiger partial charge in [0.2, 0.25) is 5.91 Å². The van der Waals surface area contributed by atoms with E-state index in [2.05, 4.69) is 17.0 Å². The Kier molecular flexibility index (Phi) is 7.02. The van der Waals surface area contributed by atoms with Gasteiger partial charge < -0.3 is 25.0 Å². The highest BCUT2D eigenvalue weighted by Gasteiger charge is 2.27. The zero-order chi connectivity index (χ0) is 24.4. The molecule has 2 N–H and O–H groups in total. The minimum absolute atomic E-state index is 0.0598. The van der Waals surface area contributed by atoms with Gasteiger partial charge in [0.25, 0.3) is 0 Å². The molecule has 186 valence electrons. The lowest BCUT2D eigenvalue weighted by atomic mass is 9.94. The van der Waals surface area contributed by atoms with Crippen LogP contribution in [0.5, 0.6) is 0 Å². The molecule has 1 atom stereocenters. The first-order valence-corrected chi connectivity index (χ1v) is 12.6. The molecule has 0 aliphatic carbocycles. The number of aliphatic imine (C=N–C) groups is 1. The number of rotatable bonds is 4. The van der Waals surface area contributed by atoms with Gasteiger partial charge >= 0.3 is 0 Å². The molecular formula is C27H35N5O3. The third kappa shape index (κ3) is 5.04. The second-order valence-electron chi connectivity index (χ2n) is 9.66. The van der Waals surface area contributed by atoms with Gasteiger partial charge in [0.15, 0.2) is 0 Å². The van der Waals surface area contributed by atoms with Crippen molar-refractivity contribution in [1.82, 2.24) is 9.88 Å². The predicted octanol–water partition coefficient (Wildman–Crippen LogP) is 3.00. The van der Waals surface area contributed by atoms with Crippen LogP contribution in [-0.4, -0.2) is 80.2 Å². The number of hydrogen-bond donors (Lipinski definition) is 1. The quantitative estimate of drug-likeness (QED) is 0.728. The zero-order valence-corrected chi connectivity index (χ0v) is 20.7. The molecule has 1 amide bonds. The Morgan fingerprint density at radius 1 is 1.23 bits per heavy atom. The van der Waals surface area contributed by atoms with Crippen LogP contribution in [0.15, 0.2) is 41.0 Å². The van der Waals surface area contributed by atoms with Crippen molar-refractivity contribution < 1.29 is 14.3 Å². The second kappa shape index (κ2) is 10.3. The Balaban J connectivity index is 1.52. The minimum Gasteiger partial charge on any atom is -0.398 e. The maximum atomic E-state index is 12.2. The summed E-state index contributed by atoms with van der Waals surface area (Å²) in [4.78, 5) is 26.2. The molecule has 1 aromatic carbocycles. The SMILES string of the molecule is CO[C@@H]1CCN(c2cc3cccc(C(N)=C4CN(C(C)=O)CCC4=NC4CCOCC4)c3cn2)C1. The first-order valence-electron chi connectivity index (χ1n) is 12.6. The lowest BCUT2D eigenvalue weighted by Gasteiger charge is -2.31. The number of carbonyl (C=O) groups excluding carboxylic acids is 1. The van der Waals surface area contributed by atoms with Crippen molar-refractivity contribution in [3.05, 3.63) is 41.6 Å². The number of pyridine rings is 1. The van der Waals surface area contributed by atoms with Crippen molar-refractivity contribution in [3.8, 4) is 0 Å². The summed E-state index contributed by atoms with van der Waals surface area (Å²) in [5, 5.41) is 2.10. The largest absolute Gasteiger partial charge is 0.398 e. The number of amides is 1. The van der Waals surface area contributed by atoms with Crippen LogP contribution >= 0.6 is 0 Å². The summed E-state index contributed by atoms with van der Waals surface area (Å²) in [5.74, 6) is 1.02. The summed E-state index contributed by atoms with van der Waals surface area (Å²) >= 11 is 0. The predicted molar refractivity (Wildman–Crippen MR) is 139 cm³/mol. The van der Waals surface area contributed by atoms with Crippen LogP contribution in [-0.2, 0) is 14.3 Å². The van der Waals surface area contributed by atoms with Crippen molar-refractivity contribution in [2.24, 2.45) is 10.7 Å². The van der Waals surface area contributed by atoms with Crippen LogP contribution in [0.25, 0.3) is 16.5 Å². The second-order valence-corrected chi connectivity index (χ2v) is 9.66. The van der Waals surface area contributed by atoms with Crippen LogP contribution < -0.4 is 10.6 Å². The normalized spacial score (nSPS) is 24.4. The van der Waals surface area contributed by atoms with Gasteiger partial charge in [-0.2, -0.15) is 0 Å². The molecule has 35 heavy (non-hydrogen) atoms. The third-order valence-electron chi connectivity index (χ3n) is 7.46. The Labute approximate surface area is 206 Å². The van der Waals surface area contributed by atoms with Gasteiger partial charge in [-0.05, 0) is 30.7 Å². The summed E-state index contributed by atoms with van der Waals surface area (Å²) in [6.07, 6.45) is 5.76. The number of piperidine rings is 1. The fourth-order valence-corrected chi connectivity index (χ4v) is 5.30. The number of aromatic nitrogens is 1. The van der Waals surface area contributed by atoms with Crippen molar-refractivity contribution >= 4 is 33.9 Å². The molecule has 5 rings (SSSR count). The van der Waals surface area contributed by atoms with Crippen molar-refractivity contribution in [3.63, 3.8) is 0 Å². The number of fused-ring (bicyclic) bond motifs is 1. The van der Waals surface area contributed by atoms with E-state index in [1.165, 1.54) is 0 Å². The monoisotopic (exact) mass is 477 g/mol. The van der Waals surface area contributed by atoms with E-state index >= 15 is 0 Å². The maximum Gasteiger partial charge on any atom is 0.219 e. The number of methoxy groups -OCH3 is 1. The lowest BCUT2D eigenvalue weighted by Crippen LogP contribution is -2.40. The van der Waals surface area contributed by atoms with Crippen LogP contribution in [0.2, 0.25) is 0 Å². The smallest absolute Gasteiger partial charge is 0.219 e. The Morgan fingerprint density at radius 2 is 2.06 bits per heavy atom. The van der Waals surface area contributed by atoms with E-state index in [1.807, 2.05) is 23.2 Å². The molecule has 4 heterocycles. The maximum absolute atomic E-state index is 12.2. The van der Waals surface area contributed by atoms with Crippen LogP contribution in [0.3, 0.4) is 0 Å². The van der Waals surface area contributed by atoms with Crippen molar-refractivity contribution in [1.29, 1.82) is 0 Å². The topological polar surface area (TPSA) is 93.3 Å². The fourth-order valence-electron chi connectivity index (χ4n) is 5.30. The van der Waals surface area contributed by atoms with E-state index in [0.717, 1.165) is 85.4 Å². The van der Waals surface area contributed by atoms with Gasteiger partial charge in [0.05, 0.1) is 12.1 Å². The van der Waals surface area contributed by atoms with Gasteiger partial charge in [-0.15, -0.1) is 0 Å². The molecule has 2 aromatic rings. The number of benzene rings is 1. The first kappa shape index (κ1) is 23.8. The number of hydrogen-bond acceptors (Lipinski definition) is 7. The first-order chi connectivity index (χ1) is 17.0. The van der Waals surface area contributed by atoms with Crippen LogP contribution in [0.1, 0.15) is 38.2 Å². The van der Waals surface area contributed by atoms with E-state index in [4.69, 9.17) is 25.2 Å². The highest BCUT2D eigenvalue weighted by Crippen LogP contribution is 2.30. The van der Waals surface area contributed by atoms with Gasteiger partial charge in [-0.3, -0.25) is 9.79 Å². The average Bonchev–Trinajstić information content (AvgIpc) is 3.38. The van der Waals surface area contributed by atoms with Gasteiger partial charge in [-0.1, -0.05) is 18.2 Å². The summed E-state index contributed by atoms with van der Waals surface area (Å²) in [7, 11) is 1.77. The molecule has 3 aliphatic rings. The lowest BCUT2D eigenvalue weighted by molar-refractivity contribution is -0.128. The third-order valence-corrected chi connectivity index (χ3v) is 7.46. The summed E-state index contributed by atoms with van der Waals surface area (Å²) in [5.41, 5.74) is 10.5. The summed E-state index contributed by atoms with van der Waals surface area (Å²) in [6.45, 7) is 6.06. The fraction of sp³-hybridized carbons (Fsp3) is 0.519. The van der Waals surface area contributed by atoms with E-state index in [-0.39, 0.29) is 18.1 Å². The minimum atomic E-state index is 0.0598. The molecule has 3 saturated heterocycles. The van der Waals surface area contributed by atoms with Gasteiger partial charge in [-0.25, -0.2) is 4.98 Å². The van der Waals surface area contributed by atoms with Gasteiger partial charge in [0.1, 0.15) is 5.82 Å². The molecular weight excluding hydrogens is 442 g/mol. The van der Waals surface area contributed by atoms with Crippen molar-refractivity contribution in [2.45, 2.75) is 44.8 Å². The molecule has 0 radical (unpaired) electrons. The van der Waals surface area contributed by atoms with E-state index in [0.29, 0.717) is 18.8 Å². The summed E-state index contributed by atoms with van der Waals surface area (Å²) < 4.78 is 11.0. The highest BCUT2D eigenvalue weighted by atomic mass is 16.5. The Bertz CT molecular complexity index is 1150. The number of nitrogens with two attached hydrogens (primary N) is 1. The van der Waals surface area contributed by atoms with Gasteiger partial charge in [0, 0.05) is 94.0 Å². The molecule has 3 fully saturated rings. The number of carbonyl (C=O) groups is 1. The molecule has 0 unspecified atom stereocenters. The number of nitrogens with zero attached hydrogens (tertiary/aromatic N) is 4. The van der Waals surface area contributed by atoms with E-state index in [9.17, 15) is 4.79 Å². The summed E-state index contributed by atoms with van der Waals surface area (Å²) in [6, 6.07) is 8.57. The van der Waals surface area contributed by atoms with E-state index in [1.54, 1.807) is 14.0 Å². The molecule has 0 bridgehead atoms.